The van der Waals surface area contributed by atoms with Crippen LogP contribution < -0.4 is 5.32 Å². The van der Waals surface area contributed by atoms with E-state index in [-0.39, 0.29) is 11.7 Å². The van der Waals surface area contributed by atoms with E-state index in [2.05, 4.69) is 26.9 Å². The van der Waals surface area contributed by atoms with Gasteiger partial charge in [0, 0.05) is 0 Å². The number of aromatic nitrogens is 1. The summed E-state index contributed by atoms with van der Waals surface area (Å²) in [6.07, 6.45) is -3.09. The number of carbonyl (C=O) groups excluding carboxylic acids is 1. The Hall–Kier alpha value is -1.63. The highest BCUT2D eigenvalue weighted by Gasteiger charge is 2.27. The fraction of sp³-hybridized carbons (Fsp3) is 0.400. The maximum atomic E-state index is 11.8. The highest BCUT2D eigenvalue weighted by atomic mass is 32.1. The molecule has 0 radical (unpaired) electrons. The van der Waals surface area contributed by atoms with Gasteiger partial charge >= 0.3 is 6.18 Å². The Morgan fingerprint density at radius 1 is 1.58 bits per heavy atom. The first-order valence-corrected chi connectivity index (χ1v) is 5.72. The summed E-state index contributed by atoms with van der Waals surface area (Å²) in [7, 11) is 0. The van der Waals surface area contributed by atoms with E-state index in [0.29, 0.717) is 4.88 Å². The Balaban J connectivity index is 2.38. The zero-order valence-corrected chi connectivity index (χ0v) is 10.3. The van der Waals surface area contributed by atoms with Crippen molar-refractivity contribution in [2.75, 3.05) is 25.1 Å². The lowest BCUT2D eigenvalue weighted by atomic mass is 10.5. The third kappa shape index (κ3) is 6.76. The first-order valence-electron chi connectivity index (χ1n) is 4.90. The molecule has 19 heavy (non-hydrogen) atoms. The van der Waals surface area contributed by atoms with Gasteiger partial charge < -0.3 is 9.84 Å². The molecule has 0 saturated carbocycles. The maximum Gasteiger partial charge on any atom is 0.411 e. The summed E-state index contributed by atoms with van der Waals surface area (Å²) >= 11 is 1.03. The van der Waals surface area contributed by atoms with E-state index in [0.717, 1.165) is 11.3 Å². The molecule has 0 aliphatic heterocycles. The van der Waals surface area contributed by atoms with Crippen LogP contribution in [-0.2, 0) is 9.53 Å². The van der Waals surface area contributed by atoms with Gasteiger partial charge in [0.05, 0.1) is 11.1 Å². The van der Waals surface area contributed by atoms with Gasteiger partial charge in [0.25, 0.3) is 5.91 Å². The van der Waals surface area contributed by atoms with Crippen molar-refractivity contribution in [1.82, 2.24) is 4.98 Å². The second-order valence-corrected chi connectivity index (χ2v) is 4.18. The number of thiazole rings is 1. The molecule has 0 aliphatic rings. The van der Waals surface area contributed by atoms with E-state index < -0.39 is 25.3 Å². The van der Waals surface area contributed by atoms with Crippen LogP contribution in [0.4, 0.5) is 18.3 Å². The third-order valence-electron chi connectivity index (χ3n) is 1.54. The molecule has 1 aromatic heterocycles. The van der Waals surface area contributed by atoms with Crippen LogP contribution in [0.2, 0.25) is 0 Å². The van der Waals surface area contributed by atoms with Crippen molar-refractivity contribution in [3.05, 3.63) is 11.1 Å². The molecule has 0 saturated heterocycles. The van der Waals surface area contributed by atoms with Gasteiger partial charge in [-0.25, -0.2) is 4.98 Å². The molecule has 0 fully saturated rings. The Morgan fingerprint density at radius 2 is 2.32 bits per heavy atom. The molecule has 0 aromatic carbocycles. The molecule has 0 aliphatic carbocycles. The van der Waals surface area contributed by atoms with Gasteiger partial charge in [-0.3, -0.25) is 10.1 Å². The average Bonchev–Trinajstić information content (AvgIpc) is 2.72. The summed E-state index contributed by atoms with van der Waals surface area (Å²) in [6.45, 7) is -2.49. The number of anilines is 1. The molecule has 104 valence electrons. The maximum absolute atomic E-state index is 11.8. The van der Waals surface area contributed by atoms with Gasteiger partial charge in [-0.05, 0) is 0 Å². The fourth-order valence-electron chi connectivity index (χ4n) is 0.931. The van der Waals surface area contributed by atoms with Gasteiger partial charge in [0.2, 0.25) is 0 Å². The molecule has 5 nitrogen and oxygen atoms in total. The number of aliphatic hydroxyl groups is 1. The molecule has 9 heteroatoms. The van der Waals surface area contributed by atoms with Crippen molar-refractivity contribution < 1.29 is 27.8 Å². The van der Waals surface area contributed by atoms with E-state index in [1.165, 1.54) is 6.20 Å². The summed E-state index contributed by atoms with van der Waals surface area (Å²) in [4.78, 5) is 15.5. The molecule has 2 N–H and O–H groups in total. The number of rotatable bonds is 4. The van der Waals surface area contributed by atoms with Crippen LogP contribution in [0, 0.1) is 11.8 Å². The number of nitrogens with zero attached hydrogens (tertiary/aromatic N) is 1. The van der Waals surface area contributed by atoms with E-state index >= 15 is 0 Å². The van der Waals surface area contributed by atoms with Crippen molar-refractivity contribution in [3.8, 4) is 11.8 Å². The predicted octanol–water partition coefficient (Wildman–Crippen LogP) is 1.00. The van der Waals surface area contributed by atoms with Gasteiger partial charge in [-0.1, -0.05) is 23.2 Å². The number of amides is 1. The zero-order chi connectivity index (χ0) is 14.3. The van der Waals surface area contributed by atoms with Gasteiger partial charge in [-0.2, -0.15) is 13.2 Å². The Morgan fingerprint density at radius 3 is 2.95 bits per heavy atom. The molecule has 1 amide bonds. The Bertz CT molecular complexity index is 490. The van der Waals surface area contributed by atoms with Crippen LogP contribution in [0.1, 0.15) is 4.88 Å². The summed E-state index contributed by atoms with van der Waals surface area (Å²) in [6, 6.07) is 0. The Labute approximate surface area is 110 Å². The second kappa shape index (κ2) is 7.08. The molecule has 1 aromatic rings. The topological polar surface area (TPSA) is 71.5 Å². The largest absolute Gasteiger partial charge is 0.411 e. The molecule has 1 rings (SSSR count). The van der Waals surface area contributed by atoms with Crippen molar-refractivity contribution in [2.24, 2.45) is 0 Å². The molecular weight excluding hydrogens is 285 g/mol. The number of hydrogen-bond donors (Lipinski definition) is 2. The molecule has 1 heterocycles. The third-order valence-corrected chi connectivity index (χ3v) is 2.37. The lowest BCUT2D eigenvalue weighted by Gasteiger charge is -2.06. The first-order chi connectivity index (χ1) is 8.90. The van der Waals surface area contributed by atoms with Gasteiger partial charge in [0.15, 0.2) is 5.13 Å². The van der Waals surface area contributed by atoms with Gasteiger partial charge in [0.1, 0.15) is 19.8 Å². The molecule has 0 atom stereocenters. The molecular formula is C10H9F3N2O3S. The zero-order valence-electron chi connectivity index (χ0n) is 9.45. The standard InChI is InChI=1S/C10H9F3N2O3S/c11-10(12,13)6-18-5-8(17)15-9-14-4-7(19-9)2-1-3-16/h4,16H,3,5-6H2,(H,14,15,17). The number of alkyl halides is 3. The van der Waals surface area contributed by atoms with Crippen LogP contribution in [0.25, 0.3) is 0 Å². The van der Waals surface area contributed by atoms with E-state index in [4.69, 9.17) is 5.11 Å². The number of carbonyl (C=O) groups is 1. The summed E-state index contributed by atoms with van der Waals surface area (Å²) < 4.78 is 39.4. The normalized spacial score (nSPS) is 10.7. The molecule has 0 spiro atoms. The first kappa shape index (κ1) is 15.4. The number of ether oxygens (including phenoxy) is 1. The highest BCUT2D eigenvalue weighted by molar-refractivity contribution is 7.16. The van der Waals surface area contributed by atoms with E-state index in [1.54, 1.807) is 0 Å². The highest BCUT2D eigenvalue weighted by Crippen LogP contribution is 2.17. The quantitative estimate of drug-likeness (QED) is 0.813. The summed E-state index contributed by atoms with van der Waals surface area (Å²) in [5, 5.41) is 10.9. The number of hydrogen-bond acceptors (Lipinski definition) is 5. The number of aliphatic hydroxyl groups excluding tert-OH is 1. The monoisotopic (exact) mass is 294 g/mol. The van der Waals surface area contributed by atoms with Crippen LogP contribution in [0.15, 0.2) is 6.20 Å². The van der Waals surface area contributed by atoms with Crippen LogP contribution >= 0.6 is 11.3 Å². The summed E-state index contributed by atoms with van der Waals surface area (Å²) in [5.74, 6) is 4.24. The summed E-state index contributed by atoms with van der Waals surface area (Å²) in [5.41, 5.74) is 0. The van der Waals surface area contributed by atoms with Crippen LogP contribution in [0.3, 0.4) is 0 Å². The Kier molecular flexibility index (Phi) is 5.75. The molecule has 0 bridgehead atoms. The van der Waals surface area contributed by atoms with E-state index in [9.17, 15) is 18.0 Å². The minimum Gasteiger partial charge on any atom is -0.384 e. The minimum absolute atomic E-state index is 0.197. The van der Waals surface area contributed by atoms with Crippen molar-refractivity contribution in [2.45, 2.75) is 6.18 Å². The van der Waals surface area contributed by atoms with Gasteiger partial charge in [-0.15, -0.1) is 0 Å². The van der Waals surface area contributed by atoms with Crippen LogP contribution in [-0.4, -0.2) is 42.0 Å². The SMILES string of the molecule is O=C(COCC(F)(F)F)Nc1ncc(C#CCO)s1. The molecule has 0 unspecified atom stereocenters. The van der Waals surface area contributed by atoms with Crippen molar-refractivity contribution in [3.63, 3.8) is 0 Å². The lowest BCUT2D eigenvalue weighted by Crippen LogP contribution is -2.23. The average molecular weight is 294 g/mol. The van der Waals surface area contributed by atoms with Crippen molar-refractivity contribution >= 4 is 22.4 Å². The lowest BCUT2D eigenvalue weighted by molar-refractivity contribution is -0.174. The number of nitrogens with one attached hydrogen (secondary N) is 1. The van der Waals surface area contributed by atoms with Crippen molar-refractivity contribution in [1.29, 1.82) is 0 Å². The fourth-order valence-corrected chi connectivity index (χ4v) is 1.64. The minimum atomic E-state index is -4.46. The van der Waals surface area contributed by atoms with E-state index in [1.807, 2.05) is 0 Å². The second-order valence-electron chi connectivity index (χ2n) is 3.15. The number of halogens is 3. The smallest absolute Gasteiger partial charge is 0.384 e. The predicted molar refractivity (Wildman–Crippen MR) is 61.6 cm³/mol. The van der Waals surface area contributed by atoms with Crippen LogP contribution in [0.5, 0.6) is 0 Å².